The molecule has 0 N–H and O–H groups in total. The van der Waals surface area contributed by atoms with Crippen molar-refractivity contribution < 1.29 is 4.79 Å². The molecule has 0 aromatic heterocycles. The van der Waals surface area contributed by atoms with Crippen molar-refractivity contribution in [3.05, 3.63) is 0 Å². The number of aldehydes is 1. The SMILES string of the molecule is CC[C@@H]1[C@H](Cl)[C@@H]1C=O. The Labute approximate surface area is 54.0 Å². The quantitative estimate of drug-likeness (QED) is 0.411. The van der Waals surface area contributed by atoms with E-state index in [1.165, 1.54) is 0 Å². The van der Waals surface area contributed by atoms with Crippen LogP contribution in [0.25, 0.3) is 0 Å². The van der Waals surface area contributed by atoms with Gasteiger partial charge in [-0.05, 0) is 5.92 Å². The minimum atomic E-state index is 0.150. The molecule has 1 aliphatic rings. The molecule has 0 saturated heterocycles. The van der Waals surface area contributed by atoms with Crippen molar-refractivity contribution >= 4 is 17.9 Å². The zero-order valence-electron chi connectivity index (χ0n) is 4.80. The monoisotopic (exact) mass is 132 g/mol. The Morgan fingerprint density at radius 2 is 2.38 bits per heavy atom. The summed E-state index contributed by atoms with van der Waals surface area (Å²) in [4.78, 5) is 10.1. The number of hydrogen-bond donors (Lipinski definition) is 0. The molecule has 0 spiro atoms. The Hall–Kier alpha value is -0.0400. The van der Waals surface area contributed by atoms with Crippen molar-refractivity contribution in [2.75, 3.05) is 0 Å². The smallest absolute Gasteiger partial charge is 0.124 e. The van der Waals surface area contributed by atoms with E-state index in [4.69, 9.17) is 11.6 Å². The molecular formula is C6H9ClO. The molecule has 46 valence electrons. The van der Waals surface area contributed by atoms with Crippen molar-refractivity contribution in [2.24, 2.45) is 11.8 Å². The first-order valence-electron chi connectivity index (χ1n) is 2.90. The number of alkyl halides is 1. The fourth-order valence-electron chi connectivity index (χ4n) is 1.03. The Bertz CT molecular complexity index is 103. The first kappa shape index (κ1) is 6.09. The van der Waals surface area contributed by atoms with E-state index in [2.05, 4.69) is 6.92 Å². The highest BCUT2D eigenvalue weighted by molar-refractivity contribution is 6.24. The highest BCUT2D eigenvalue weighted by Crippen LogP contribution is 2.44. The van der Waals surface area contributed by atoms with E-state index in [1.54, 1.807) is 0 Å². The Morgan fingerprint density at radius 3 is 2.50 bits per heavy atom. The minimum absolute atomic E-state index is 0.150. The molecule has 0 bridgehead atoms. The van der Waals surface area contributed by atoms with E-state index < -0.39 is 0 Å². The van der Waals surface area contributed by atoms with Crippen LogP contribution in [0.1, 0.15) is 13.3 Å². The number of hydrogen-bond acceptors (Lipinski definition) is 1. The Morgan fingerprint density at radius 1 is 1.75 bits per heavy atom. The largest absolute Gasteiger partial charge is 0.303 e. The lowest BCUT2D eigenvalue weighted by Crippen LogP contribution is -1.78. The van der Waals surface area contributed by atoms with E-state index in [0.29, 0.717) is 5.92 Å². The van der Waals surface area contributed by atoms with Crippen molar-refractivity contribution in [2.45, 2.75) is 18.7 Å². The van der Waals surface area contributed by atoms with Crippen LogP contribution in [0.15, 0.2) is 0 Å². The molecule has 1 fully saturated rings. The minimum Gasteiger partial charge on any atom is -0.303 e. The average molecular weight is 133 g/mol. The highest BCUT2D eigenvalue weighted by Gasteiger charge is 2.47. The van der Waals surface area contributed by atoms with Gasteiger partial charge in [0.15, 0.2) is 0 Å². The summed E-state index contributed by atoms with van der Waals surface area (Å²) in [5.74, 6) is 0.649. The Balaban J connectivity index is 2.33. The van der Waals surface area contributed by atoms with Crippen LogP contribution in [0, 0.1) is 11.8 Å². The Kier molecular flexibility index (Phi) is 1.57. The number of carbonyl (C=O) groups is 1. The van der Waals surface area contributed by atoms with Gasteiger partial charge in [0, 0.05) is 11.3 Å². The zero-order chi connectivity index (χ0) is 6.15. The molecule has 1 nitrogen and oxygen atoms in total. The number of halogens is 1. The van der Waals surface area contributed by atoms with Crippen LogP contribution in [0.4, 0.5) is 0 Å². The summed E-state index contributed by atoms with van der Waals surface area (Å²) in [7, 11) is 0. The van der Waals surface area contributed by atoms with E-state index in [-0.39, 0.29) is 11.3 Å². The molecule has 0 unspecified atom stereocenters. The summed E-state index contributed by atoms with van der Waals surface area (Å²) in [6.45, 7) is 2.06. The third kappa shape index (κ3) is 0.752. The lowest BCUT2D eigenvalue weighted by Gasteiger charge is -1.79. The first-order valence-corrected chi connectivity index (χ1v) is 3.34. The van der Waals surface area contributed by atoms with Gasteiger partial charge >= 0.3 is 0 Å². The first-order chi connectivity index (χ1) is 3.81. The maximum absolute atomic E-state index is 10.1. The molecule has 0 aromatic carbocycles. The fourth-order valence-corrected chi connectivity index (χ4v) is 1.54. The van der Waals surface area contributed by atoms with E-state index in [9.17, 15) is 4.79 Å². The highest BCUT2D eigenvalue weighted by atomic mass is 35.5. The molecule has 8 heavy (non-hydrogen) atoms. The van der Waals surface area contributed by atoms with E-state index >= 15 is 0 Å². The van der Waals surface area contributed by atoms with Gasteiger partial charge < -0.3 is 4.79 Å². The van der Waals surface area contributed by atoms with Gasteiger partial charge in [0.1, 0.15) is 6.29 Å². The van der Waals surface area contributed by atoms with Crippen LogP contribution in [0.3, 0.4) is 0 Å². The molecule has 2 heteroatoms. The van der Waals surface area contributed by atoms with Gasteiger partial charge in [-0.1, -0.05) is 13.3 Å². The molecular weight excluding hydrogens is 124 g/mol. The van der Waals surface area contributed by atoms with Crippen molar-refractivity contribution in [1.29, 1.82) is 0 Å². The van der Waals surface area contributed by atoms with Gasteiger partial charge in [-0.3, -0.25) is 0 Å². The summed E-state index contributed by atoms with van der Waals surface area (Å²) >= 11 is 5.69. The maximum Gasteiger partial charge on any atom is 0.124 e. The van der Waals surface area contributed by atoms with Gasteiger partial charge in [-0.2, -0.15) is 0 Å². The molecule has 3 atom stereocenters. The van der Waals surface area contributed by atoms with Crippen LogP contribution >= 0.6 is 11.6 Å². The average Bonchev–Trinajstić information content (AvgIpc) is 2.40. The second-order valence-electron chi connectivity index (χ2n) is 2.23. The summed E-state index contributed by atoms with van der Waals surface area (Å²) in [6, 6.07) is 0. The lowest BCUT2D eigenvalue weighted by molar-refractivity contribution is -0.109. The van der Waals surface area contributed by atoms with Crippen molar-refractivity contribution in [1.82, 2.24) is 0 Å². The van der Waals surface area contributed by atoms with Crippen LogP contribution < -0.4 is 0 Å². The predicted molar refractivity (Wildman–Crippen MR) is 33.0 cm³/mol. The fraction of sp³-hybridized carbons (Fsp3) is 0.833. The maximum atomic E-state index is 10.1. The summed E-state index contributed by atoms with van der Waals surface area (Å²) < 4.78 is 0. The molecule has 0 aromatic rings. The predicted octanol–water partition coefficient (Wildman–Crippen LogP) is 1.45. The molecule has 1 saturated carbocycles. The van der Waals surface area contributed by atoms with Crippen LogP contribution in [0.2, 0.25) is 0 Å². The van der Waals surface area contributed by atoms with Gasteiger partial charge in [0.25, 0.3) is 0 Å². The normalized spacial score (nSPS) is 44.0. The van der Waals surface area contributed by atoms with Gasteiger partial charge in [-0.25, -0.2) is 0 Å². The van der Waals surface area contributed by atoms with Crippen LogP contribution in [-0.2, 0) is 4.79 Å². The molecule has 0 heterocycles. The standard InChI is InChI=1S/C6H9ClO/c1-2-4-5(3-8)6(4)7/h3-6H,2H2,1H3/t4-,5+,6-/m0/s1. The molecule has 0 aliphatic heterocycles. The topological polar surface area (TPSA) is 17.1 Å². The second-order valence-corrected chi connectivity index (χ2v) is 2.73. The summed E-state index contributed by atoms with van der Waals surface area (Å²) in [5.41, 5.74) is 0. The van der Waals surface area contributed by atoms with Crippen LogP contribution in [-0.4, -0.2) is 11.7 Å². The zero-order valence-corrected chi connectivity index (χ0v) is 5.56. The summed E-state index contributed by atoms with van der Waals surface area (Å²) in [5, 5.41) is 0.150. The van der Waals surface area contributed by atoms with Crippen molar-refractivity contribution in [3.8, 4) is 0 Å². The molecule has 1 rings (SSSR count). The number of rotatable bonds is 2. The molecule has 0 amide bonds. The third-order valence-electron chi connectivity index (χ3n) is 1.76. The van der Waals surface area contributed by atoms with Gasteiger partial charge in [0.2, 0.25) is 0 Å². The lowest BCUT2D eigenvalue weighted by atomic mass is 10.3. The third-order valence-corrected chi connectivity index (χ3v) is 2.37. The van der Waals surface area contributed by atoms with Gasteiger partial charge in [-0.15, -0.1) is 11.6 Å². The number of carbonyl (C=O) groups excluding carboxylic acids is 1. The molecule has 0 radical (unpaired) electrons. The second kappa shape index (κ2) is 2.06. The van der Waals surface area contributed by atoms with Gasteiger partial charge in [0.05, 0.1) is 0 Å². The summed E-state index contributed by atoms with van der Waals surface area (Å²) in [6.07, 6.45) is 2.00. The molecule has 1 aliphatic carbocycles. The van der Waals surface area contributed by atoms with Crippen LogP contribution in [0.5, 0.6) is 0 Å². The van der Waals surface area contributed by atoms with E-state index in [0.717, 1.165) is 12.7 Å². The van der Waals surface area contributed by atoms with Crippen molar-refractivity contribution in [3.63, 3.8) is 0 Å². The van der Waals surface area contributed by atoms with E-state index in [1.807, 2.05) is 0 Å².